The number of Topliss-reactive ketones (excluding diaryl/α,β-unsaturated/α-hetero) is 1. The monoisotopic (exact) mass is 388 g/mol. The molecule has 4 heteroatoms. The van der Waals surface area contributed by atoms with Crippen molar-refractivity contribution >= 4 is 11.8 Å². The lowest BCUT2D eigenvalue weighted by atomic mass is 10.0. The van der Waals surface area contributed by atoms with Crippen molar-refractivity contribution < 1.29 is 19.1 Å². The van der Waals surface area contributed by atoms with E-state index in [-0.39, 0.29) is 19.0 Å². The van der Waals surface area contributed by atoms with Crippen molar-refractivity contribution in [1.29, 1.82) is 0 Å². The third-order valence-corrected chi connectivity index (χ3v) is 4.60. The number of carbonyl (C=O) groups excluding carboxylic acids is 2. The Bertz CT molecular complexity index is 993. The van der Waals surface area contributed by atoms with Gasteiger partial charge in [0.2, 0.25) is 5.78 Å². The topological polar surface area (TPSA) is 52.6 Å². The fourth-order valence-electron chi connectivity index (χ4n) is 3.14. The fraction of sp³-hybridized carbons (Fsp3) is 0.200. The Labute approximate surface area is 171 Å². The maximum atomic E-state index is 12.3. The number of esters is 1. The molecule has 0 heterocycles. The van der Waals surface area contributed by atoms with Gasteiger partial charge in [0.05, 0.1) is 0 Å². The summed E-state index contributed by atoms with van der Waals surface area (Å²) in [6.07, 6.45) is 0.706. The summed E-state index contributed by atoms with van der Waals surface area (Å²) in [6.45, 7) is 3.30. The molecule has 3 aromatic rings. The molecule has 0 N–H and O–H groups in total. The summed E-state index contributed by atoms with van der Waals surface area (Å²) in [5.41, 5.74) is 4.66. The normalized spacial score (nSPS) is 10.4. The SMILES string of the molecule is Cc1ccc(C(=O)COC(=O)COc2ccccc2Cc2ccccc2)c(C)c1. The summed E-state index contributed by atoms with van der Waals surface area (Å²) < 4.78 is 10.8. The predicted octanol–water partition coefficient (Wildman–Crippen LogP) is 4.70. The van der Waals surface area contributed by atoms with Crippen LogP contribution in [0.15, 0.2) is 72.8 Å². The minimum absolute atomic E-state index is 0.222. The lowest BCUT2D eigenvalue weighted by Gasteiger charge is -2.12. The number of ketones is 1. The minimum Gasteiger partial charge on any atom is -0.482 e. The molecule has 0 aromatic heterocycles. The van der Waals surface area contributed by atoms with Crippen molar-refractivity contribution in [3.8, 4) is 5.75 Å². The molecule has 29 heavy (non-hydrogen) atoms. The maximum absolute atomic E-state index is 12.3. The molecule has 0 aliphatic heterocycles. The Morgan fingerprint density at radius 2 is 1.55 bits per heavy atom. The van der Waals surface area contributed by atoms with Crippen LogP contribution in [-0.2, 0) is 16.0 Å². The molecule has 0 atom stereocenters. The number of para-hydroxylation sites is 1. The highest BCUT2D eigenvalue weighted by Crippen LogP contribution is 2.21. The van der Waals surface area contributed by atoms with Crippen molar-refractivity contribution in [2.24, 2.45) is 0 Å². The van der Waals surface area contributed by atoms with E-state index in [2.05, 4.69) is 0 Å². The van der Waals surface area contributed by atoms with E-state index in [1.807, 2.05) is 80.6 Å². The van der Waals surface area contributed by atoms with Gasteiger partial charge in [0.25, 0.3) is 0 Å². The van der Waals surface area contributed by atoms with E-state index in [1.54, 1.807) is 6.07 Å². The van der Waals surface area contributed by atoms with Crippen molar-refractivity contribution in [3.05, 3.63) is 101 Å². The molecule has 0 fully saturated rings. The summed E-state index contributed by atoms with van der Waals surface area (Å²) >= 11 is 0. The number of rotatable bonds is 8. The number of ether oxygens (including phenoxy) is 2. The third kappa shape index (κ3) is 5.79. The Morgan fingerprint density at radius 1 is 0.828 bits per heavy atom. The zero-order valence-corrected chi connectivity index (χ0v) is 16.7. The van der Waals surface area contributed by atoms with Gasteiger partial charge < -0.3 is 9.47 Å². The standard InChI is InChI=1S/C25H24O4/c1-18-12-13-22(19(2)14-18)23(26)16-29-25(27)17-28-24-11-7-6-10-21(24)15-20-8-4-3-5-9-20/h3-14H,15-17H2,1-2H3. The Morgan fingerprint density at radius 3 is 2.31 bits per heavy atom. The highest BCUT2D eigenvalue weighted by Gasteiger charge is 2.13. The van der Waals surface area contributed by atoms with Crippen molar-refractivity contribution in [1.82, 2.24) is 0 Å². The van der Waals surface area contributed by atoms with Gasteiger partial charge in [0.1, 0.15) is 5.75 Å². The van der Waals surface area contributed by atoms with Crippen LogP contribution in [0.2, 0.25) is 0 Å². The third-order valence-electron chi connectivity index (χ3n) is 4.60. The van der Waals surface area contributed by atoms with Gasteiger partial charge >= 0.3 is 5.97 Å². The molecule has 148 valence electrons. The number of benzene rings is 3. The molecule has 0 amide bonds. The van der Waals surface area contributed by atoms with Crippen molar-refractivity contribution in [2.45, 2.75) is 20.3 Å². The number of aryl methyl sites for hydroxylation is 2. The molecule has 3 rings (SSSR count). The van der Waals surface area contributed by atoms with E-state index in [1.165, 1.54) is 0 Å². The van der Waals surface area contributed by atoms with Crippen molar-refractivity contribution in [3.63, 3.8) is 0 Å². The van der Waals surface area contributed by atoms with E-state index >= 15 is 0 Å². The van der Waals surface area contributed by atoms with E-state index in [4.69, 9.17) is 9.47 Å². The second-order valence-electron chi connectivity index (χ2n) is 6.96. The zero-order valence-electron chi connectivity index (χ0n) is 16.7. The summed E-state index contributed by atoms with van der Waals surface area (Å²) in [7, 11) is 0. The lowest BCUT2D eigenvalue weighted by Crippen LogP contribution is -2.20. The maximum Gasteiger partial charge on any atom is 0.344 e. The smallest absolute Gasteiger partial charge is 0.344 e. The molecular weight excluding hydrogens is 364 g/mol. The average Bonchev–Trinajstić information content (AvgIpc) is 2.72. The number of hydrogen-bond acceptors (Lipinski definition) is 4. The molecule has 0 saturated carbocycles. The van der Waals surface area contributed by atoms with Crippen LogP contribution in [-0.4, -0.2) is 25.0 Å². The molecule has 3 aromatic carbocycles. The molecule has 0 radical (unpaired) electrons. The van der Waals surface area contributed by atoms with Crippen LogP contribution < -0.4 is 4.74 Å². The number of hydrogen-bond donors (Lipinski definition) is 0. The van der Waals surface area contributed by atoms with E-state index < -0.39 is 5.97 Å². The van der Waals surface area contributed by atoms with Gasteiger partial charge in [0.15, 0.2) is 13.2 Å². The van der Waals surface area contributed by atoms with Gasteiger partial charge in [-0.3, -0.25) is 4.79 Å². The van der Waals surface area contributed by atoms with Gasteiger partial charge in [0, 0.05) is 12.0 Å². The average molecular weight is 388 g/mol. The molecule has 0 bridgehead atoms. The largest absolute Gasteiger partial charge is 0.482 e. The molecular formula is C25H24O4. The number of carbonyl (C=O) groups is 2. The molecule has 4 nitrogen and oxygen atoms in total. The Hall–Kier alpha value is -3.40. The van der Waals surface area contributed by atoms with Gasteiger partial charge in [-0.1, -0.05) is 72.3 Å². The predicted molar refractivity (Wildman–Crippen MR) is 112 cm³/mol. The van der Waals surface area contributed by atoms with Crippen LogP contribution in [0.3, 0.4) is 0 Å². The van der Waals surface area contributed by atoms with Crippen LogP contribution >= 0.6 is 0 Å². The van der Waals surface area contributed by atoms with Gasteiger partial charge in [-0.2, -0.15) is 0 Å². The lowest BCUT2D eigenvalue weighted by molar-refractivity contribution is -0.144. The Balaban J connectivity index is 1.54. The van der Waals surface area contributed by atoms with E-state index in [9.17, 15) is 9.59 Å². The minimum atomic E-state index is -0.572. The van der Waals surface area contributed by atoms with Crippen LogP contribution in [0.5, 0.6) is 5.75 Å². The van der Waals surface area contributed by atoms with Crippen LogP contribution in [0, 0.1) is 13.8 Å². The van der Waals surface area contributed by atoms with E-state index in [0.717, 1.165) is 22.3 Å². The van der Waals surface area contributed by atoms with Crippen molar-refractivity contribution in [2.75, 3.05) is 13.2 Å². The second kappa shape index (κ2) is 9.69. The first-order valence-corrected chi connectivity index (χ1v) is 9.53. The molecule has 0 spiro atoms. The van der Waals surface area contributed by atoms with Gasteiger partial charge in [-0.05, 0) is 36.6 Å². The zero-order chi connectivity index (χ0) is 20.6. The fourth-order valence-corrected chi connectivity index (χ4v) is 3.14. The van der Waals surface area contributed by atoms with Crippen LogP contribution in [0.4, 0.5) is 0 Å². The Kier molecular flexibility index (Phi) is 6.80. The highest BCUT2D eigenvalue weighted by molar-refractivity contribution is 5.99. The molecule has 0 saturated heterocycles. The molecule has 0 unspecified atom stereocenters. The molecule has 0 aliphatic rings. The first-order chi connectivity index (χ1) is 14.0. The van der Waals surface area contributed by atoms with E-state index in [0.29, 0.717) is 17.7 Å². The summed E-state index contributed by atoms with van der Waals surface area (Å²) in [5.74, 6) is -0.160. The van der Waals surface area contributed by atoms with Gasteiger partial charge in [-0.15, -0.1) is 0 Å². The summed E-state index contributed by atoms with van der Waals surface area (Å²) in [5, 5.41) is 0. The highest BCUT2D eigenvalue weighted by atomic mass is 16.6. The first-order valence-electron chi connectivity index (χ1n) is 9.53. The van der Waals surface area contributed by atoms with Crippen LogP contribution in [0.25, 0.3) is 0 Å². The first kappa shape index (κ1) is 20.3. The quantitative estimate of drug-likeness (QED) is 0.415. The van der Waals surface area contributed by atoms with Crippen LogP contribution in [0.1, 0.15) is 32.6 Å². The summed E-state index contributed by atoms with van der Waals surface area (Å²) in [6, 6.07) is 23.2. The molecule has 0 aliphatic carbocycles. The second-order valence-corrected chi connectivity index (χ2v) is 6.96. The van der Waals surface area contributed by atoms with Gasteiger partial charge in [-0.25, -0.2) is 4.79 Å². The summed E-state index contributed by atoms with van der Waals surface area (Å²) in [4.78, 5) is 24.4.